The largest absolute Gasteiger partial charge is 0.496 e. The third kappa shape index (κ3) is 3.63. The molecule has 7 nitrogen and oxygen atoms in total. The molecule has 0 aliphatic heterocycles. The second-order valence-electron chi connectivity index (χ2n) is 6.45. The third-order valence-electron chi connectivity index (χ3n) is 4.63. The first-order chi connectivity index (χ1) is 13.7. The first-order valence-electron chi connectivity index (χ1n) is 8.87. The van der Waals surface area contributed by atoms with Crippen molar-refractivity contribution >= 4 is 28.1 Å². The zero-order valence-corrected chi connectivity index (χ0v) is 16.4. The molecule has 28 heavy (non-hydrogen) atoms. The molecular weight excluding hydrogens is 376 g/mol. The van der Waals surface area contributed by atoms with Gasteiger partial charge in [-0.25, -0.2) is 0 Å². The Hall–Kier alpha value is -3.13. The Morgan fingerprint density at radius 2 is 2.29 bits per heavy atom. The molecule has 0 fully saturated rings. The van der Waals surface area contributed by atoms with Gasteiger partial charge in [0.2, 0.25) is 11.8 Å². The first kappa shape index (κ1) is 18.2. The standard InChI is InChI=1S/C20H20N4O3S/c1-12-23-19(27-24-12)10-22-18(25)8-14(13-6-7-28-11-13)15-9-21-16-4-3-5-17(26-2)20(15)16/h3-7,9,11,14,21H,8,10H2,1-2H3,(H,22,25)/t14-/m0/s1. The molecule has 0 bridgehead atoms. The Kier molecular flexibility index (Phi) is 5.12. The van der Waals surface area contributed by atoms with Crippen molar-refractivity contribution in [3.8, 4) is 5.75 Å². The lowest BCUT2D eigenvalue weighted by atomic mass is 9.89. The highest BCUT2D eigenvalue weighted by atomic mass is 32.1. The van der Waals surface area contributed by atoms with E-state index in [9.17, 15) is 4.79 Å². The maximum absolute atomic E-state index is 12.7. The monoisotopic (exact) mass is 396 g/mol. The van der Waals surface area contributed by atoms with E-state index in [1.807, 2.05) is 29.8 Å². The minimum atomic E-state index is -0.0966. The summed E-state index contributed by atoms with van der Waals surface area (Å²) in [4.78, 5) is 20.1. The van der Waals surface area contributed by atoms with Crippen LogP contribution in [-0.4, -0.2) is 28.1 Å². The number of aryl methyl sites for hydroxylation is 1. The van der Waals surface area contributed by atoms with Crippen LogP contribution in [0.3, 0.4) is 0 Å². The van der Waals surface area contributed by atoms with Crippen molar-refractivity contribution in [3.63, 3.8) is 0 Å². The maximum Gasteiger partial charge on any atom is 0.246 e. The smallest absolute Gasteiger partial charge is 0.246 e. The number of ether oxygens (including phenoxy) is 1. The van der Waals surface area contributed by atoms with Crippen molar-refractivity contribution in [2.45, 2.75) is 25.8 Å². The van der Waals surface area contributed by atoms with Crippen LogP contribution in [-0.2, 0) is 11.3 Å². The fraction of sp³-hybridized carbons (Fsp3) is 0.250. The number of rotatable bonds is 7. The summed E-state index contributed by atoms with van der Waals surface area (Å²) >= 11 is 1.61. The van der Waals surface area contributed by atoms with Crippen molar-refractivity contribution in [2.75, 3.05) is 7.11 Å². The Bertz CT molecular complexity index is 1080. The van der Waals surface area contributed by atoms with Gasteiger partial charge in [-0.15, -0.1) is 0 Å². The van der Waals surface area contributed by atoms with E-state index in [0.717, 1.165) is 27.8 Å². The zero-order chi connectivity index (χ0) is 19.5. The lowest BCUT2D eigenvalue weighted by molar-refractivity contribution is -0.121. The van der Waals surface area contributed by atoms with Crippen molar-refractivity contribution in [3.05, 3.63) is 64.1 Å². The van der Waals surface area contributed by atoms with E-state index in [1.54, 1.807) is 25.4 Å². The second kappa shape index (κ2) is 7.85. The second-order valence-corrected chi connectivity index (χ2v) is 7.23. The van der Waals surface area contributed by atoms with E-state index >= 15 is 0 Å². The molecular formula is C20H20N4O3S. The molecule has 0 unspecified atom stereocenters. The van der Waals surface area contributed by atoms with E-state index in [2.05, 4.69) is 31.9 Å². The average molecular weight is 396 g/mol. The molecule has 0 spiro atoms. The Morgan fingerprint density at radius 3 is 3.00 bits per heavy atom. The molecule has 0 saturated carbocycles. The van der Waals surface area contributed by atoms with Crippen LogP contribution >= 0.6 is 11.3 Å². The molecule has 2 N–H and O–H groups in total. The van der Waals surface area contributed by atoms with Crippen LogP contribution in [0.4, 0.5) is 0 Å². The van der Waals surface area contributed by atoms with E-state index < -0.39 is 0 Å². The highest BCUT2D eigenvalue weighted by molar-refractivity contribution is 7.08. The van der Waals surface area contributed by atoms with Gasteiger partial charge in [-0.1, -0.05) is 11.2 Å². The topological polar surface area (TPSA) is 93.0 Å². The normalized spacial score (nSPS) is 12.2. The number of H-pyrrole nitrogens is 1. The quantitative estimate of drug-likeness (QED) is 0.496. The number of hydrogen-bond acceptors (Lipinski definition) is 6. The summed E-state index contributed by atoms with van der Waals surface area (Å²) in [5.74, 6) is 1.55. The van der Waals surface area contributed by atoms with Crippen LogP contribution in [0.15, 0.2) is 45.7 Å². The summed E-state index contributed by atoms with van der Waals surface area (Å²) in [6.07, 6.45) is 2.26. The molecule has 0 aliphatic rings. The molecule has 1 aromatic carbocycles. The number of aromatic amines is 1. The highest BCUT2D eigenvalue weighted by Gasteiger charge is 2.23. The number of carbonyl (C=O) groups is 1. The number of hydrogen-bond donors (Lipinski definition) is 2. The van der Waals surface area contributed by atoms with Crippen LogP contribution < -0.4 is 10.1 Å². The number of nitrogens with one attached hydrogen (secondary N) is 2. The summed E-state index contributed by atoms with van der Waals surface area (Å²) in [7, 11) is 1.66. The average Bonchev–Trinajstić information content (AvgIpc) is 3.45. The number of fused-ring (bicyclic) bond motifs is 1. The molecule has 3 heterocycles. The molecule has 0 saturated heterocycles. The number of methoxy groups -OCH3 is 1. The Morgan fingerprint density at radius 1 is 1.39 bits per heavy atom. The van der Waals surface area contributed by atoms with Crippen LogP contribution in [0.1, 0.15) is 35.2 Å². The highest BCUT2D eigenvalue weighted by Crippen LogP contribution is 2.38. The van der Waals surface area contributed by atoms with E-state index in [1.165, 1.54) is 0 Å². The van der Waals surface area contributed by atoms with E-state index in [0.29, 0.717) is 18.1 Å². The fourth-order valence-electron chi connectivity index (χ4n) is 3.35. The van der Waals surface area contributed by atoms with Crippen LogP contribution in [0.25, 0.3) is 10.9 Å². The summed E-state index contributed by atoms with van der Waals surface area (Å²) < 4.78 is 10.6. The minimum absolute atomic E-state index is 0.0868. The predicted octanol–water partition coefficient (Wildman–Crippen LogP) is 3.77. The molecule has 0 aliphatic carbocycles. The molecule has 4 rings (SSSR count). The molecule has 144 valence electrons. The van der Waals surface area contributed by atoms with Crippen molar-refractivity contribution < 1.29 is 14.1 Å². The van der Waals surface area contributed by atoms with Gasteiger partial charge in [0.25, 0.3) is 0 Å². The Labute approximate surface area is 165 Å². The summed E-state index contributed by atoms with van der Waals surface area (Å²) in [6.45, 7) is 1.96. The van der Waals surface area contributed by atoms with Crippen molar-refractivity contribution in [1.29, 1.82) is 0 Å². The number of thiophene rings is 1. The lowest BCUT2D eigenvalue weighted by Gasteiger charge is -2.16. The number of amides is 1. The van der Waals surface area contributed by atoms with Gasteiger partial charge in [0, 0.05) is 29.4 Å². The van der Waals surface area contributed by atoms with Gasteiger partial charge in [-0.2, -0.15) is 16.3 Å². The van der Waals surface area contributed by atoms with Gasteiger partial charge < -0.3 is 19.6 Å². The van der Waals surface area contributed by atoms with Crippen LogP contribution in [0.5, 0.6) is 5.75 Å². The minimum Gasteiger partial charge on any atom is -0.496 e. The van der Waals surface area contributed by atoms with Gasteiger partial charge in [-0.05, 0) is 47.0 Å². The molecule has 1 amide bonds. The molecule has 0 radical (unpaired) electrons. The molecule has 1 atom stereocenters. The maximum atomic E-state index is 12.7. The summed E-state index contributed by atoms with van der Waals surface area (Å²) in [5.41, 5.74) is 3.12. The van der Waals surface area contributed by atoms with E-state index in [4.69, 9.17) is 9.26 Å². The zero-order valence-electron chi connectivity index (χ0n) is 15.6. The molecule has 8 heteroatoms. The van der Waals surface area contributed by atoms with Gasteiger partial charge in [0.15, 0.2) is 5.82 Å². The number of carbonyl (C=O) groups excluding carboxylic acids is 1. The number of aromatic nitrogens is 3. The van der Waals surface area contributed by atoms with Gasteiger partial charge >= 0.3 is 0 Å². The van der Waals surface area contributed by atoms with E-state index in [-0.39, 0.29) is 18.4 Å². The lowest BCUT2D eigenvalue weighted by Crippen LogP contribution is -2.25. The Balaban J connectivity index is 1.61. The number of nitrogens with zero attached hydrogens (tertiary/aromatic N) is 2. The van der Waals surface area contributed by atoms with Gasteiger partial charge in [0.05, 0.1) is 13.7 Å². The van der Waals surface area contributed by atoms with Gasteiger partial charge in [-0.3, -0.25) is 4.79 Å². The number of benzene rings is 1. The predicted molar refractivity (Wildman–Crippen MR) is 107 cm³/mol. The van der Waals surface area contributed by atoms with Crippen molar-refractivity contribution in [2.24, 2.45) is 0 Å². The molecule has 3 aromatic heterocycles. The van der Waals surface area contributed by atoms with Crippen LogP contribution in [0, 0.1) is 6.92 Å². The van der Waals surface area contributed by atoms with Gasteiger partial charge in [0.1, 0.15) is 5.75 Å². The summed E-state index contributed by atoms with van der Waals surface area (Å²) in [6, 6.07) is 7.94. The third-order valence-corrected chi connectivity index (χ3v) is 5.34. The fourth-order valence-corrected chi connectivity index (χ4v) is 4.06. The SMILES string of the molecule is COc1cccc2[nH]cc([C@@H](CC(=O)NCc3nc(C)no3)c3ccsc3)c12. The first-order valence-corrected chi connectivity index (χ1v) is 9.82. The molecule has 4 aromatic rings. The van der Waals surface area contributed by atoms with Crippen molar-refractivity contribution in [1.82, 2.24) is 20.4 Å². The summed E-state index contributed by atoms with van der Waals surface area (Å²) in [5, 5.41) is 11.7. The van der Waals surface area contributed by atoms with Crippen LogP contribution in [0.2, 0.25) is 0 Å².